The monoisotopic (exact) mass is 184 g/mol. The van der Waals surface area contributed by atoms with Crippen LogP contribution >= 0.6 is 0 Å². The highest BCUT2D eigenvalue weighted by atomic mass is 16.4. The minimum atomic E-state index is -1.01. The topological polar surface area (TPSA) is 97.1 Å². The van der Waals surface area contributed by atoms with Crippen LogP contribution in [0, 0.1) is 0 Å². The Labute approximate surface area is 73.4 Å². The summed E-state index contributed by atoms with van der Waals surface area (Å²) in [6, 6.07) is 0. The van der Waals surface area contributed by atoms with Crippen LogP contribution in [0.2, 0.25) is 0 Å². The van der Waals surface area contributed by atoms with E-state index in [0.717, 1.165) is 4.68 Å². The maximum atomic E-state index is 10.5. The lowest BCUT2D eigenvalue weighted by atomic mass is 10.7. The van der Waals surface area contributed by atoms with E-state index in [9.17, 15) is 9.59 Å². The first-order chi connectivity index (χ1) is 6.08. The third kappa shape index (κ3) is 2.89. The van der Waals surface area contributed by atoms with E-state index in [4.69, 9.17) is 5.11 Å². The first kappa shape index (κ1) is 9.17. The molecule has 7 heteroatoms. The standard InChI is InChI=1S/C6H8N4O3/c1-4(11)8-6-7-3-10(9-6)2-5(12)13/h3H,2H2,1H3,(H,12,13)(H,8,9,11). The van der Waals surface area contributed by atoms with Crippen LogP contribution < -0.4 is 5.32 Å². The lowest BCUT2D eigenvalue weighted by Gasteiger charge is -1.93. The van der Waals surface area contributed by atoms with Crippen LogP contribution in [-0.4, -0.2) is 31.7 Å². The zero-order valence-electron chi connectivity index (χ0n) is 6.89. The summed E-state index contributed by atoms with van der Waals surface area (Å²) in [5, 5.41) is 14.4. The normalized spacial score (nSPS) is 9.62. The van der Waals surface area contributed by atoms with Gasteiger partial charge in [0, 0.05) is 6.92 Å². The zero-order valence-corrected chi connectivity index (χ0v) is 6.89. The van der Waals surface area contributed by atoms with Crippen molar-refractivity contribution >= 4 is 17.8 Å². The zero-order chi connectivity index (χ0) is 9.84. The van der Waals surface area contributed by atoms with Crippen molar-refractivity contribution < 1.29 is 14.7 Å². The molecule has 0 atom stereocenters. The SMILES string of the molecule is CC(=O)Nc1ncn(CC(=O)O)n1. The molecule has 0 aliphatic rings. The fraction of sp³-hybridized carbons (Fsp3) is 0.333. The number of carboxylic acid groups (broad SMARTS) is 1. The van der Waals surface area contributed by atoms with Crippen LogP contribution in [-0.2, 0) is 16.1 Å². The fourth-order valence-corrected chi connectivity index (χ4v) is 0.724. The van der Waals surface area contributed by atoms with Gasteiger partial charge in [0.15, 0.2) is 0 Å². The van der Waals surface area contributed by atoms with E-state index in [2.05, 4.69) is 15.4 Å². The average Bonchev–Trinajstić information content (AvgIpc) is 2.33. The van der Waals surface area contributed by atoms with Crippen LogP contribution in [0.5, 0.6) is 0 Å². The van der Waals surface area contributed by atoms with E-state index < -0.39 is 5.97 Å². The summed E-state index contributed by atoms with van der Waals surface area (Å²) in [5.41, 5.74) is 0. The molecule has 0 fully saturated rings. The Hall–Kier alpha value is -1.92. The Balaban J connectivity index is 2.63. The Kier molecular flexibility index (Phi) is 2.58. The minimum absolute atomic E-state index is 0.105. The van der Waals surface area contributed by atoms with Gasteiger partial charge in [-0.05, 0) is 0 Å². The van der Waals surface area contributed by atoms with E-state index >= 15 is 0 Å². The van der Waals surface area contributed by atoms with Crippen molar-refractivity contribution in [1.82, 2.24) is 14.8 Å². The van der Waals surface area contributed by atoms with Crippen LogP contribution in [0.4, 0.5) is 5.95 Å². The van der Waals surface area contributed by atoms with E-state index in [1.807, 2.05) is 0 Å². The number of carboxylic acids is 1. The van der Waals surface area contributed by atoms with Gasteiger partial charge in [0.25, 0.3) is 0 Å². The molecular formula is C6H8N4O3. The maximum Gasteiger partial charge on any atom is 0.325 e. The highest BCUT2D eigenvalue weighted by Gasteiger charge is 2.04. The fourth-order valence-electron chi connectivity index (χ4n) is 0.724. The van der Waals surface area contributed by atoms with E-state index in [0.29, 0.717) is 0 Å². The highest BCUT2D eigenvalue weighted by Crippen LogP contribution is 1.95. The van der Waals surface area contributed by atoms with E-state index in [1.54, 1.807) is 0 Å². The van der Waals surface area contributed by atoms with Gasteiger partial charge in [-0.3, -0.25) is 14.9 Å². The summed E-state index contributed by atoms with van der Waals surface area (Å²) in [6.07, 6.45) is 1.24. The molecule has 1 aromatic rings. The van der Waals surface area contributed by atoms with Gasteiger partial charge in [0.2, 0.25) is 11.9 Å². The Morgan fingerprint density at radius 2 is 2.38 bits per heavy atom. The highest BCUT2D eigenvalue weighted by molar-refractivity contribution is 5.86. The number of aliphatic carboxylic acids is 1. The number of hydrogen-bond acceptors (Lipinski definition) is 4. The first-order valence-corrected chi connectivity index (χ1v) is 3.47. The lowest BCUT2D eigenvalue weighted by molar-refractivity contribution is -0.137. The van der Waals surface area contributed by atoms with Crippen LogP contribution in [0.1, 0.15) is 6.92 Å². The molecule has 0 unspecified atom stereocenters. The van der Waals surface area contributed by atoms with Crippen LogP contribution in [0.3, 0.4) is 0 Å². The van der Waals surface area contributed by atoms with E-state index in [-0.39, 0.29) is 18.4 Å². The summed E-state index contributed by atoms with van der Waals surface area (Å²) in [7, 11) is 0. The molecule has 0 bridgehead atoms. The molecule has 1 amide bonds. The first-order valence-electron chi connectivity index (χ1n) is 3.47. The second-order valence-corrected chi connectivity index (χ2v) is 2.34. The number of aromatic nitrogens is 3. The smallest absolute Gasteiger partial charge is 0.325 e. The molecule has 1 aromatic heterocycles. The van der Waals surface area contributed by atoms with Gasteiger partial charge in [-0.25, -0.2) is 9.67 Å². The molecule has 1 heterocycles. The number of carbonyl (C=O) groups excluding carboxylic acids is 1. The second-order valence-electron chi connectivity index (χ2n) is 2.34. The van der Waals surface area contributed by atoms with Gasteiger partial charge < -0.3 is 5.11 Å². The van der Waals surface area contributed by atoms with Crippen molar-refractivity contribution in [2.75, 3.05) is 5.32 Å². The quantitative estimate of drug-likeness (QED) is 0.648. The van der Waals surface area contributed by atoms with Crippen molar-refractivity contribution in [3.63, 3.8) is 0 Å². The van der Waals surface area contributed by atoms with Crippen molar-refractivity contribution in [1.29, 1.82) is 0 Å². The molecule has 0 spiro atoms. The average molecular weight is 184 g/mol. The molecule has 0 aliphatic heterocycles. The molecule has 13 heavy (non-hydrogen) atoms. The summed E-state index contributed by atoms with van der Waals surface area (Å²) in [5.74, 6) is -1.21. The van der Waals surface area contributed by atoms with E-state index in [1.165, 1.54) is 13.3 Å². The number of carbonyl (C=O) groups is 2. The number of anilines is 1. The number of nitrogens with zero attached hydrogens (tertiary/aromatic N) is 3. The molecule has 0 saturated heterocycles. The Bertz CT molecular complexity index is 302. The number of amides is 1. The lowest BCUT2D eigenvalue weighted by Crippen LogP contribution is -2.11. The van der Waals surface area contributed by atoms with Crippen LogP contribution in [0.15, 0.2) is 6.33 Å². The molecule has 0 aliphatic carbocycles. The van der Waals surface area contributed by atoms with Crippen molar-refractivity contribution in [2.24, 2.45) is 0 Å². The third-order valence-electron chi connectivity index (χ3n) is 1.12. The summed E-state index contributed by atoms with van der Waals surface area (Å²) in [4.78, 5) is 24.4. The van der Waals surface area contributed by atoms with Gasteiger partial charge in [0.05, 0.1) is 0 Å². The largest absolute Gasteiger partial charge is 0.480 e. The summed E-state index contributed by atoms with van der Waals surface area (Å²) in [6.45, 7) is 1.05. The van der Waals surface area contributed by atoms with Gasteiger partial charge >= 0.3 is 5.97 Å². The molecule has 70 valence electrons. The van der Waals surface area contributed by atoms with Gasteiger partial charge in [-0.2, -0.15) is 0 Å². The molecule has 0 saturated carbocycles. The van der Waals surface area contributed by atoms with Crippen molar-refractivity contribution in [3.8, 4) is 0 Å². The van der Waals surface area contributed by atoms with Crippen molar-refractivity contribution in [2.45, 2.75) is 13.5 Å². The van der Waals surface area contributed by atoms with Gasteiger partial charge in [-0.1, -0.05) is 0 Å². The molecule has 0 aromatic carbocycles. The molecule has 1 rings (SSSR count). The maximum absolute atomic E-state index is 10.5. The molecular weight excluding hydrogens is 176 g/mol. The number of rotatable bonds is 3. The second kappa shape index (κ2) is 3.65. The third-order valence-corrected chi connectivity index (χ3v) is 1.12. The number of hydrogen-bond donors (Lipinski definition) is 2. The Morgan fingerprint density at radius 1 is 1.69 bits per heavy atom. The number of nitrogens with one attached hydrogen (secondary N) is 1. The van der Waals surface area contributed by atoms with Crippen molar-refractivity contribution in [3.05, 3.63) is 6.33 Å². The minimum Gasteiger partial charge on any atom is -0.480 e. The summed E-state index contributed by atoms with van der Waals surface area (Å²) < 4.78 is 1.12. The van der Waals surface area contributed by atoms with Gasteiger partial charge in [-0.15, -0.1) is 5.10 Å². The molecule has 0 radical (unpaired) electrons. The Morgan fingerprint density at radius 3 is 2.92 bits per heavy atom. The van der Waals surface area contributed by atoms with Crippen LogP contribution in [0.25, 0.3) is 0 Å². The predicted octanol–water partition coefficient (Wildman–Crippen LogP) is -0.679. The molecule has 2 N–H and O–H groups in total. The summed E-state index contributed by atoms with van der Waals surface area (Å²) >= 11 is 0. The predicted molar refractivity (Wildman–Crippen MR) is 42.0 cm³/mol. The molecule has 7 nitrogen and oxygen atoms in total. The van der Waals surface area contributed by atoms with Gasteiger partial charge in [0.1, 0.15) is 12.9 Å².